The Kier molecular flexibility index (Phi) is 35.6. The molecule has 0 aliphatic heterocycles. The van der Waals surface area contributed by atoms with E-state index in [9.17, 15) is 14.4 Å². The van der Waals surface area contributed by atoms with Gasteiger partial charge in [-0.2, -0.15) is 0 Å². The van der Waals surface area contributed by atoms with Crippen molar-refractivity contribution < 1.29 is 48.4 Å². The van der Waals surface area contributed by atoms with Crippen molar-refractivity contribution >= 4 is 18.0 Å². The van der Waals surface area contributed by atoms with E-state index in [1.165, 1.54) is 5.56 Å². The van der Waals surface area contributed by atoms with Crippen molar-refractivity contribution in [3.8, 4) is 5.75 Å². The average Bonchev–Trinajstić information content (AvgIpc) is 3.17. The van der Waals surface area contributed by atoms with Crippen LogP contribution in [0.5, 0.6) is 5.75 Å². The van der Waals surface area contributed by atoms with Crippen LogP contribution in [-0.2, 0) is 34.1 Å². The van der Waals surface area contributed by atoms with Crippen LogP contribution in [0.1, 0.15) is 100 Å². The highest BCUT2D eigenvalue weighted by Gasteiger charge is 2.17. The molecule has 0 aliphatic rings. The first-order valence-corrected chi connectivity index (χ1v) is 18.9. The van der Waals surface area contributed by atoms with Gasteiger partial charge in [0.2, 0.25) is 0 Å². The zero-order chi connectivity index (χ0) is 42.7. The highest BCUT2D eigenvalue weighted by Crippen LogP contribution is 2.24. The number of aliphatic hydroxyl groups is 2. The summed E-state index contributed by atoms with van der Waals surface area (Å²) in [7, 11) is 1.00. The van der Waals surface area contributed by atoms with Gasteiger partial charge in [-0.15, -0.1) is 0 Å². The molecule has 1 rings (SSSR count). The predicted molar refractivity (Wildman–Crippen MR) is 221 cm³/mol. The Labute approximate surface area is 331 Å². The largest absolute Gasteiger partial charge is 0.508 e. The Bertz CT molecular complexity index is 1220. The molecule has 316 valence electrons. The summed E-state index contributed by atoms with van der Waals surface area (Å²) in [5, 5.41) is 21.7. The van der Waals surface area contributed by atoms with Gasteiger partial charge >= 0.3 is 18.0 Å². The van der Waals surface area contributed by atoms with Crippen LogP contribution in [0, 0.1) is 5.92 Å². The molecule has 0 spiro atoms. The number of benzene rings is 1. The van der Waals surface area contributed by atoms with E-state index in [0.717, 1.165) is 45.1 Å². The Balaban J connectivity index is -0.00000196. The van der Waals surface area contributed by atoms with Crippen molar-refractivity contribution in [3.63, 3.8) is 0 Å². The van der Waals surface area contributed by atoms with Gasteiger partial charge in [0.1, 0.15) is 43.5 Å². The van der Waals surface area contributed by atoms with Gasteiger partial charge in [-0.1, -0.05) is 98.8 Å². The zero-order valence-electron chi connectivity index (χ0n) is 35.5. The average molecular weight is 780 g/mol. The lowest BCUT2D eigenvalue weighted by molar-refractivity contribution is -0.152. The molecule has 2 unspecified atom stereocenters. The third-order valence-corrected chi connectivity index (χ3v) is 6.88. The van der Waals surface area contributed by atoms with E-state index >= 15 is 0 Å². The van der Waals surface area contributed by atoms with E-state index in [1.807, 2.05) is 26.0 Å². The Morgan fingerprint density at radius 1 is 0.909 bits per heavy atom. The van der Waals surface area contributed by atoms with Gasteiger partial charge in [-0.05, 0) is 75.4 Å². The van der Waals surface area contributed by atoms with Crippen molar-refractivity contribution in [1.29, 1.82) is 0 Å². The molecule has 0 aromatic heterocycles. The van der Waals surface area contributed by atoms with Crippen LogP contribution >= 0.6 is 0 Å². The number of esters is 2. The molecular formula is C42H73N3O10. The molecule has 0 saturated heterocycles. The number of rotatable bonds is 23. The number of amides is 2. The van der Waals surface area contributed by atoms with Crippen molar-refractivity contribution in [2.24, 2.45) is 5.92 Å². The molecule has 2 atom stereocenters. The minimum Gasteiger partial charge on any atom is -0.508 e. The van der Waals surface area contributed by atoms with Crippen LogP contribution in [0.2, 0.25) is 0 Å². The highest BCUT2D eigenvalue weighted by molar-refractivity contribution is 5.86. The van der Waals surface area contributed by atoms with Crippen molar-refractivity contribution in [1.82, 2.24) is 16.1 Å². The molecule has 13 nitrogen and oxygen atoms in total. The number of ether oxygens (including phenoxy) is 4. The van der Waals surface area contributed by atoms with Gasteiger partial charge in [0.15, 0.2) is 0 Å². The normalized spacial score (nSPS) is 12.0. The lowest BCUT2D eigenvalue weighted by atomic mass is 9.87. The number of unbranched alkanes of at least 4 members (excludes halogenated alkanes) is 3. The summed E-state index contributed by atoms with van der Waals surface area (Å²) in [6.45, 7) is 28.0. The monoisotopic (exact) mass is 780 g/mol. The van der Waals surface area contributed by atoms with Crippen molar-refractivity contribution in [3.05, 3.63) is 78.6 Å². The van der Waals surface area contributed by atoms with Gasteiger partial charge < -0.3 is 34.5 Å². The van der Waals surface area contributed by atoms with Crippen molar-refractivity contribution in [2.45, 2.75) is 113 Å². The lowest BCUT2D eigenvalue weighted by Gasteiger charge is -2.21. The van der Waals surface area contributed by atoms with Gasteiger partial charge in [-0.3, -0.25) is 14.9 Å². The van der Waals surface area contributed by atoms with Crippen LogP contribution in [0.3, 0.4) is 0 Å². The van der Waals surface area contributed by atoms with E-state index in [2.05, 4.69) is 62.2 Å². The minimum atomic E-state index is -0.501. The molecule has 0 bridgehead atoms. The van der Waals surface area contributed by atoms with Crippen LogP contribution < -0.4 is 20.9 Å². The zero-order valence-corrected chi connectivity index (χ0v) is 35.5. The van der Waals surface area contributed by atoms with Crippen LogP contribution in [0.25, 0.3) is 0 Å². The molecule has 0 saturated carbocycles. The maximum Gasteiger partial charge on any atom is 0.338 e. The molecule has 1 aromatic carbocycles. The summed E-state index contributed by atoms with van der Waals surface area (Å²) in [6.07, 6.45) is 9.29. The molecule has 0 aliphatic carbocycles. The predicted octanol–water partition coefficient (Wildman–Crippen LogP) is 7.62. The molecule has 13 heteroatoms. The van der Waals surface area contributed by atoms with Gasteiger partial charge in [0.05, 0.1) is 12.6 Å². The lowest BCUT2D eigenvalue weighted by Crippen LogP contribution is -2.39. The summed E-state index contributed by atoms with van der Waals surface area (Å²) < 4.78 is 22.2. The maximum atomic E-state index is 12.0. The maximum absolute atomic E-state index is 12.0. The van der Waals surface area contributed by atoms with E-state index in [4.69, 9.17) is 34.0 Å². The Morgan fingerprint density at radius 3 is 2.04 bits per heavy atom. The summed E-state index contributed by atoms with van der Waals surface area (Å²) in [6, 6.07) is 7.55. The fourth-order valence-corrected chi connectivity index (χ4v) is 3.71. The fourth-order valence-electron chi connectivity index (χ4n) is 3.71. The Morgan fingerprint density at radius 2 is 1.51 bits per heavy atom. The molecule has 0 radical (unpaired) electrons. The fraction of sp³-hybridized carbons (Fsp3) is 0.595. The van der Waals surface area contributed by atoms with Crippen LogP contribution in [0.4, 0.5) is 4.79 Å². The topological polar surface area (TPSA) is 174 Å². The first-order chi connectivity index (χ1) is 26.1. The third kappa shape index (κ3) is 32.9. The van der Waals surface area contributed by atoms with Gasteiger partial charge in [0.25, 0.3) is 0 Å². The molecule has 55 heavy (non-hydrogen) atoms. The summed E-state index contributed by atoms with van der Waals surface area (Å²) in [5.74, 6) is 0.0210. The standard InChI is InChI=1S/C32H53N3O8.C7H10O.C2H6.CH4O/c1-23(2)29(36)40-19-25(5)43-35-31(38)34-18-12-10-9-11-17-33-22-42-28(21-41-30(37)24(3)4)20-39-27-15-13-26(14-16-27)32(6,7)8;1-3-5-6-7(8)4-2;2*1-2/h13-16,24-25,28,33H,1,9-12,17-22H2,2-8H3,(H2,34,35,38);3-6,8H,1H2,2H3;1-2H3;2H,1H3/b;6-5-,7-4+;;. The molecule has 2 amide bonds. The smallest absolute Gasteiger partial charge is 0.338 e. The third-order valence-electron chi connectivity index (χ3n) is 6.88. The number of allylic oxidation sites excluding steroid dienone is 4. The minimum absolute atomic E-state index is 0.0112. The first-order valence-electron chi connectivity index (χ1n) is 18.9. The summed E-state index contributed by atoms with van der Waals surface area (Å²) in [5.41, 5.74) is 3.88. The van der Waals surface area contributed by atoms with Gasteiger partial charge in [0, 0.05) is 19.2 Å². The van der Waals surface area contributed by atoms with E-state index in [-0.39, 0.29) is 42.9 Å². The van der Waals surface area contributed by atoms with Gasteiger partial charge in [-0.25, -0.2) is 15.1 Å². The second-order valence-electron chi connectivity index (χ2n) is 13.2. The molecular weight excluding hydrogens is 706 g/mol. The number of hydrogen-bond acceptors (Lipinski definition) is 11. The second-order valence-corrected chi connectivity index (χ2v) is 13.2. The second kappa shape index (κ2) is 35.5. The molecule has 0 heterocycles. The number of carbonyl (C=O) groups excluding carboxylic acids is 3. The number of aliphatic hydroxyl groups excluding tert-OH is 2. The van der Waals surface area contributed by atoms with Crippen LogP contribution in [-0.4, -0.2) is 87.1 Å². The van der Waals surface area contributed by atoms with E-state index in [0.29, 0.717) is 18.8 Å². The molecule has 0 fully saturated rings. The number of hydrogen-bond donors (Lipinski definition) is 5. The van der Waals surface area contributed by atoms with Crippen molar-refractivity contribution in [2.75, 3.05) is 46.8 Å². The van der Waals surface area contributed by atoms with E-state index in [1.54, 1.807) is 58.9 Å². The van der Waals surface area contributed by atoms with Crippen LogP contribution in [0.15, 0.2) is 73.1 Å². The van der Waals surface area contributed by atoms with E-state index < -0.39 is 24.2 Å². The first kappa shape index (κ1) is 55.2. The molecule has 1 aromatic rings. The Hall–Kier alpha value is -4.17. The summed E-state index contributed by atoms with van der Waals surface area (Å²) in [4.78, 5) is 40.3. The number of hydroxylamine groups is 1. The number of nitrogens with one attached hydrogen (secondary N) is 3. The highest BCUT2D eigenvalue weighted by atomic mass is 16.7. The quantitative estimate of drug-likeness (QED) is 0.0141. The number of urea groups is 1. The number of carbonyl (C=O) groups is 3. The summed E-state index contributed by atoms with van der Waals surface area (Å²) >= 11 is 0. The SMILES string of the molecule is C=C(C)C(=O)OCC(C)ONC(=O)NCCCCCCNCOC(COC(=O)C(C)C)COc1ccc(C(C)(C)C)cc1.C=C/C=C\C(O)=C/C.CC.CO. The molecule has 5 N–H and O–H groups in total.